The van der Waals surface area contributed by atoms with Gasteiger partial charge >= 0.3 is 0 Å². The summed E-state index contributed by atoms with van der Waals surface area (Å²) in [6, 6.07) is 22.8. The summed E-state index contributed by atoms with van der Waals surface area (Å²) >= 11 is 0. The third-order valence-electron chi connectivity index (χ3n) is 4.56. The number of pyridine rings is 1. The first-order valence-electron chi connectivity index (χ1n) is 8.88. The van der Waals surface area contributed by atoms with Crippen LogP contribution in [0.2, 0.25) is 0 Å². The van der Waals surface area contributed by atoms with Gasteiger partial charge in [-0.2, -0.15) is 0 Å². The molecule has 0 unspecified atom stereocenters. The molecule has 0 aliphatic carbocycles. The van der Waals surface area contributed by atoms with E-state index in [1.54, 1.807) is 25.3 Å². The van der Waals surface area contributed by atoms with Crippen LogP contribution in [0.15, 0.2) is 89.2 Å². The zero-order chi connectivity index (χ0) is 19.5. The molecule has 0 spiro atoms. The van der Waals surface area contributed by atoms with E-state index in [-0.39, 0.29) is 5.78 Å². The fourth-order valence-electron chi connectivity index (χ4n) is 2.97. The van der Waals surface area contributed by atoms with Crippen molar-refractivity contribution < 1.29 is 4.79 Å². The van der Waals surface area contributed by atoms with Crippen molar-refractivity contribution in [1.82, 2.24) is 4.98 Å². The summed E-state index contributed by atoms with van der Waals surface area (Å²) in [5.74, 6) is 0.0447. The second-order valence-corrected chi connectivity index (χ2v) is 6.45. The molecule has 0 fully saturated rings. The number of Topliss-reactive ketones (excluding diaryl/α,β-unsaturated/α-hetero) is 1. The number of hydrogen-bond acceptors (Lipinski definition) is 5. The first-order valence-corrected chi connectivity index (χ1v) is 8.88. The molecule has 5 heteroatoms. The van der Waals surface area contributed by atoms with E-state index in [0.717, 1.165) is 22.0 Å². The quantitative estimate of drug-likeness (QED) is 0.269. The number of azo groups is 1. The van der Waals surface area contributed by atoms with Gasteiger partial charge in [0.1, 0.15) is 11.4 Å². The molecule has 2 N–H and O–H groups in total. The van der Waals surface area contributed by atoms with Crippen LogP contribution in [0.25, 0.3) is 22.0 Å². The molecule has 0 saturated heterocycles. The highest BCUT2D eigenvalue weighted by Crippen LogP contribution is 2.32. The molecule has 0 saturated carbocycles. The Morgan fingerprint density at radius 1 is 0.893 bits per heavy atom. The smallest absolute Gasteiger partial charge is 0.159 e. The fraction of sp³-hybridized carbons (Fsp3) is 0.0435. The summed E-state index contributed by atoms with van der Waals surface area (Å²) in [4.78, 5) is 15.8. The van der Waals surface area contributed by atoms with Gasteiger partial charge in [-0.3, -0.25) is 9.78 Å². The number of carbonyl (C=O) groups is 1. The van der Waals surface area contributed by atoms with Gasteiger partial charge in [0.05, 0.1) is 17.6 Å². The lowest BCUT2D eigenvalue weighted by molar-refractivity contribution is 0.101. The van der Waals surface area contributed by atoms with E-state index < -0.39 is 0 Å². The van der Waals surface area contributed by atoms with Crippen molar-refractivity contribution in [2.24, 2.45) is 10.2 Å². The molecule has 0 atom stereocenters. The van der Waals surface area contributed by atoms with Crippen molar-refractivity contribution in [3.8, 4) is 11.3 Å². The molecule has 1 aromatic heterocycles. The van der Waals surface area contributed by atoms with Gasteiger partial charge in [-0.05, 0) is 30.5 Å². The van der Waals surface area contributed by atoms with E-state index in [0.29, 0.717) is 22.6 Å². The summed E-state index contributed by atoms with van der Waals surface area (Å²) in [6.45, 7) is 1.55. The van der Waals surface area contributed by atoms with E-state index in [1.165, 1.54) is 0 Å². The van der Waals surface area contributed by atoms with Gasteiger partial charge in [0.25, 0.3) is 0 Å². The molecule has 1 heterocycles. The van der Waals surface area contributed by atoms with Gasteiger partial charge in [0.2, 0.25) is 0 Å². The van der Waals surface area contributed by atoms with Gasteiger partial charge < -0.3 is 5.73 Å². The molecule has 28 heavy (non-hydrogen) atoms. The van der Waals surface area contributed by atoms with Gasteiger partial charge in [0, 0.05) is 16.5 Å². The first kappa shape index (κ1) is 17.5. The van der Waals surface area contributed by atoms with Gasteiger partial charge in [0.15, 0.2) is 5.78 Å². The maximum Gasteiger partial charge on any atom is 0.159 e. The van der Waals surface area contributed by atoms with Crippen LogP contribution in [0.3, 0.4) is 0 Å². The standard InChI is InChI=1S/C23H18N4O/c1-15(28)16-6-8-18(9-7-16)21-13-11-19(14-25-21)26-27-22-12-10-17-4-2-3-5-20(17)23(22)24/h2-14H,24H2,1H3/b27-26+. The van der Waals surface area contributed by atoms with Crippen molar-refractivity contribution in [3.05, 3.63) is 84.6 Å². The van der Waals surface area contributed by atoms with E-state index in [2.05, 4.69) is 15.2 Å². The monoisotopic (exact) mass is 366 g/mol. The molecule has 0 bridgehead atoms. The van der Waals surface area contributed by atoms with Gasteiger partial charge in [-0.25, -0.2) is 0 Å². The Hall–Kier alpha value is -3.86. The number of hydrogen-bond donors (Lipinski definition) is 1. The van der Waals surface area contributed by atoms with Gasteiger partial charge in [-0.1, -0.05) is 54.6 Å². The van der Waals surface area contributed by atoms with Crippen LogP contribution >= 0.6 is 0 Å². The van der Waals surface area contributed by atoms with E-state index in [4.69, 9.17) is 5.73 Å². The molecule has 4 aromatic rings. The lowest BCUT2D eigenvalue weighted by Gasteiger charge is -2.04. The van der Waals surface area contributed by atoms with Crippen LogP contribution in [-0.2, 0) is 0 Å². The third-order valence-corrected chi connectivity index (χ3v) is 4.56. The van der Waals surface area contributed by atoms with Crippen LogP contribution in [0, 0.1) is 0 Å². The number of nitrogen functional groups attached to an aromatic ring is 1. The van der Waals surface area contributed by atoms with Crippen molar-refractivity contribution >= 4 is 33.6 Å². The number of benzene rings is 3. The number of carbonyl (C=O) groups excluding carboxylic acids is 1. The Labute approximate surface area is 162 Å². The number of rotatable bonds is 4. The summed E-state index contributed by atoms with van der Waals surface area (Å²) in [7, 11) is 0. The molecule has 0 aliphatic rings. The molecule has 0 aliphatic heterocycles. The van der Waals surface area contributed by atoms with Crippen LogP contribution < -0.4 is 5.73 Å². The second kappa shape index (κ2) is 7.40. The Kier molecular flexibility index (Phi) is 4.64. The second-order valence-electron chi connectivity index (χ2n) is 6.45. The Bertz CT molecular complexity index is 1180. The SMILES string of the molecule is CC(=O)c1ccc(-c2ccc(/N=N/c3ccc4ccccc4c3N)cn2)cc1. The number of anilines is 1. The summed E-state index contributed by atoms with van der Waals surface area (Å²) in [5, 5.41) is 10.6. The molecular formula is C23H18N4O. The highest BCUT2D eigenvalue weighted by atomic mass is 16.1. The number of nitrogens with two attached hydrogens (primary N) is 1. The van der Waals surface area contributed by atoms with Crippen LogP contribution in [0.1, 0.15) is 17.3 Å². The molecule has 0 radical (unpaired) electrons. The van der Waals surface area contributed by atoms with Crippen LogP contribution in [0.4, 0.5) is 17.1 Å². The molecular weight excluding hydrogens is 348 g/mol. The average Bonchev–Trinajstić information content (AvgIpc) is 2.74. The van der Waals surface area contributed by atoms with Crippen LogP contribution in [0.5, 0.6) is 0 Å². The number of ketones is 1. The fourth-order valence-corrected chi connectivity index (χ4v) is 2.97. The lowest BCUT2D eigenvalue weighted by Crippen LogP contribution is -1.91. The number of fused-ring (bicyclic) bond motifs is 1. The largest absolute Gasteiger partial charge is 0.396 e. The van der Waals surface area contributed by atoms with Crippen molar-refractivity contribution in [3.63, 3.8) is 0 Å². The molecule has 0 amide bonds. The summed E-state index contributed by atoms with van der Waals surface area (Å²) in [5.41, 5.74) is 10.5. The topological polar surface area (TPSA) is 80.7 Å². The molecule has 4 rings (SSSR count). The Morgan fingerprint density at radius 2 is 1.68 bits per heavy atom. The van der Waals surface area contributed by atoms with Crippen LogP contribution in [-0.4, -0.2) is 10.8 Å². The predicted octanol–water partition coefficient (Wildman–Crippen LogP) is 6.10. The van der Waals surface area contributed by atoms with Crippen molar-refractivity contribution in [1.29, 1.82) is 0 Å². The highest BCUT2D eigenvalue weighted by Gasteiger charge is 2.04. The Morgan fingerprint density at radius 3 is 2.39 bits per heavy atom. The average molecular weight is 366 g/mol. The van der Waals surface area contributed by atoms with E-state index >= 15 is 0 Å². The number of aromatic nitrogens is 1. The molecule has 3 aromatic carbocycles. The normalized spacial score (nSPS) is 11.2. The predicted molar refractivity (Wildman–Crippen MR) is 112 cm³/mol. The number of nitrogens with zero attached hydrogens (tertiary/aromatic N) is 3. The Balaban J connectivity index is 1.56. The van der Waals surface area contributed by atoms with Crippen molar-refractivity contribution in [2.75, 3.05) is 5.73 Å². The van der Waals surface area contributed by atoms with E-state index in [9.17, 15) is 4.79 Å². The molecule has 136 valence electrons. The van der Waals surface area contributed by atoms with Crippen molar-refractivity contribution in [2.45, 2.75) is 6.92 Å². The minimum atomic E-state index is 0.0447. The highest BCUT2D eigenvalue weighted by molar-refractivity contribution is 5.98. The van der Waals surface area contributed by atoms with Gasteiger partial charge in [-0.15, -0.1) is 10.2 Å². The minimum absolute atomic E-state index is 0.0447. The lowest BCUT2D eigenvalue weighted by atomic mass is 10.1. The summed E-state index contributed by atoms with van der Waals surface area (Å²) in [6.07, 6.45) is 1.66. The molecule has 5 nitrogen and oxygen atoms in total. The zero-order valence-corrected chi connectivity index (χ0v) is 15.3. The maximum absolute atomic E-state index is 11.4. The zero-order valence-electron chi connectivity index (χ0n) is 15.3. The first-order chi connectivity index (χ1) is 13.6. The van der Waals surface area contributed by atoms with E-state index in [1.807, 2.05) is 60.7 Å². The maximum atomic E-state index is 11.4. The minimum Gasteiger partial charge on any atom is -0.396 e. The third kappa shape index (κ3) is 3.50. The summed E-state index contributed by atoms with van der Waals surface area (Å²) < 4.78 is 0.